The third-order valence-corrected chi connectivity index (χ3v) is 4.53. The van der Waals surface area contributed by atoms with Crippen molar-refractivity contribution < 1.29 is 0 Å². The van der Waals surface area contributed by atoms with Crippen LogP contribution in [0.25, 0.3) is 0 Å². The smallest absolute Gasteiger partial charge is 0.0230 e. The molecule has 14 heavy (non-hydrogen) atoms. The Hall–Kier alpha value is -0.0800. The Morgan fingerprint density at radius 3 is 2.64 bits per heavy atom. The number of nitrogens with two attached hydrogens (primary N) is 1. The molecule has 1 saturated heterocycles. The van der Waals surface area contributed by atoms with Crippen molar-refractivity contribution in [1.29, 1.82) is 0 Å². The molecule has 3 unspecified atom stereocenters. The summed E-state index contributed by atoms with van der Waals surface area (Å²) in [7, 11) is 0. The van der Waals surface area contributed by atoms with E-state index in [9.17, 15) is 0 Å². The highest BCUT2D eigenvalue weighted by Gasteiger charge is 2.47. The molecule has 2 heteroatoms. The highest BCUT2D eigenvalue weighted by molar-refractivity contribution is 4.97. The summed E-state index contributed by atoms with van der Waals surface area (Å²) in [5.74, 6) is 3.40. The molecule has 3 aliphatic rings. The van der Waals surface area contributed by atoms with E-state index in [0.29, 0.717) is 0 Å². The molecule has 2 nitrogen and oxygen atoms in total. The Morgan fingerprint density at radius 2 is 2.07 bits per heavy atom. The molecule has 0 aromatic heterocycles. The lowest BCUT2D eigenvalue weighted by atomic mass is 10.0. The minimum atomic E-state index is 0.730. The van der Waals surface area contributed by atoms with Crippen molar-refractivity contribution in [3.05, 3.63) is 0 Å². The van der Waals surface area contributed by atoms with E-state index in [4.69, 9.17) is 5.73 Å². The summed E-state index contributed by atoms with van der Waals surface area (Å²) < 4.78 is 0. The van der Waals surface area contributed by atoms with Gasteiger partial charge >= 0.3 is 0 Å². The summed E-state index contributed by atoms with van der Waals surface area (Å²) in [5, 5.41) is 0. The number of hydrogen-bond acceptors (Lipinski definition) is 2. The lowest BCUT2D eigenvalue weighted by Gasteiger charge is -2.40. The van der Waals surface area contributed by atoms with Crippen LogP contribution < -0.4 is 5.73 Å². The summed E-state index contributed by atoms with van der Waals surface area (Å²) in [6.07, 6.45) is 7.42. The predicted octanol–water partition coefficient (Wildman–Crippen LogP) is 1.46. The predicted molar refractivity (Wildman–Crippen MR) is 58.0 cm³/mol. The zero-order valence-electron chi connectivity index (χ0n) is 8.99. The Bertz CT molecular complexity index is 210. The van der Waals surface area contributed by atoms with Crippen molar-refractivity contribution in [3.8, 4) is 0 Å². The van der Waals surface area contributed by atoms with Crippen LogP contribution >= 0.6 is 0 Å². The molecule has 3 atom stereocenters. The average Bonchev–Trinajstić information content (AvgIpc) is 2.98. The Morgan fingerprint density at radius 1 is 1.21 bits per heavy atom. The van der Waals surface area contributed by atoms with Gasteiger partial charge < -0.3 is 5.73 Å². The van der Waals surface area contributed by atoms with Gasteiger partial charge in [0.05, 0.1) is 0 Å². The van der Waals surface area contributed by atoms with Crippen LogP contribution in [0.15, 0.2) is 0 Å². The second kappa shape index (κ2) is 3.49. The van der Waals surface area contributed by atoms with Crippen molar-refractivity contribution in [2.75, 3.05) is 19.6 Å². The fourth-order valence-electron chi connectivity index (χ4n) is 3.09. The molecular weight excluding hydrogens is 172 g/mol. The molecule has 0 aromatic carbocycles. The van der Waals surface area contributed by atoms with E-state index in [1.807, 2.05) is 0 Å². The Balaban J connectivity index is 1.34. The lowest BCUT2D eigenvalue weighted by Crippen LogP contribution is -2.51. The standard InChI is InChI=1S/C12H22N2/c13-8-11-4-6-14(11)5-3-10-7-12(10)9-1-2-9/h9-12H,1-8,13H2. The molecule has 80 valence electrons. The molecule has 2 aliphatic carbocycles. The molecule has 0 aromatic rings. The van der Waals surface area contributed by atoms with Gasteiger partial charge in [-0.15, -0.1) is 0 Å². The van der Waals surface area contributed by atoms with Gasteiger partial charge in [0.15, 0.2) is 0 Å². The maximum absolute atomic E-state index is 5.69. The van der Waals surface area contributed by atoms with Crippen molar-refractivity contribution in [1.82, 2.24) is 4.90 Å². The van der Waals surface area contributed by atoms with Crippen molar-refractivity contribution in [2.45, 2.75) is 38.1 Å². The average molecular weight is 194 g/mol. The fourth-order valence-corrected chi connectivity index (χ4v) is 3.09. The third-order valence-electron chi connectivity index (χ3n) is 4.53. The molecule has 1 aliphatic heterocycles. The van der Waals surface area contributed by atoms with Crippen LogP contribution in [-0.2, 0) is 0 Å². The van der Waals surface area contributed by atoms with E-state index in [0.717, 1.165) is 30.3 Å². The van der Waals surface area contributed by atoms with E-state index in [1.54, 1.807) is 6.42 Å². The first-order valence-corrected chi connectivity index (χ1v) is 6.32. The molecule has 0 spiro atoms. The molecule has 2 saturated carbocycles. The summed E-state index contributed by atoms with van der Waals surface area (Å²) in [4.78, 5) is 2.59. The zero-order valence-corrected chi connectivity index (χ0v) is 8.99. The summed E-state index contributed by atoms with van der Waals surface area (Å²) in [6.45, 7) is 3.51. The summed E-state index contributed by atoms with van der Waals surface area (Å²) in [5.41, 5.74) is 5.69. The van der Waals surface area contributed by atoms with E-state index in [2.05, 4.69) is 4.90 Å². The van der Waals surface area contributed by atoms with Crippen LogP contribution in [-0.4, -0.2) is 30.6 Å². The van der Waals surface area contributed by atoms with Crippen molar-refractivity contribution >= 4 is 0 Å². The number of nitrogens with zero attached hydrogens (tertiary/aromatic N) is 1. The monoisotopic (exact) mass is 194 g/mol. The number of hydrogen-bond donors (Lipinski definition) is 1. The van der Waals surface area contributed by atoms with Crippen LogP contribution in [0.5, 0.6) is 0 Å². The van der Waals surface area contributed by atoms with Crippen LogP contribution in [0.4, 0.5) is 0 Å². The van der Waals surface area contributed by atoms with E-state index in [-0.39, 0.29) is 0 Å². The SMILES string of the molecule is NCC1CCN1CCC1CC1C1CC1. The Kier molecular flexibility index (Phi) is 2.29. The van der Waals surface area contributed by atoms with Gasteiger partial charge in [0.25, 0.3) is 0 Å². The first-order valence-electron chi connectivity index (χ1n) is 6.32. The molecular formula is C12H22N2. The summed E-state index contributed by atoms with van der Waals surface area (Å²) >= 11 is 0. The van der Waals surface area contributed by atoms with Gasteiger partial charge in [-0.25, -0.2) is 0 Å². The highest BCUT2D eigenvalue weighted by Crippen LogP contribution is 2.55. The van der Waals surface area contributed by atoms with Crippen molar-refractivity contribution in [2.24, 2.45) is 23.5 Å². The molecule has 1 heterocycles. The number of likely N-dealkylation sites (tertiary alicyclic amines) is 1. The van der Waals surface area contributed by atoms with Crippen LogP contribution in [0, 0.1) is 17.8 Å². The van der Waals surface area contributed by atoms with Gasteiger partial charge in [-0.05, 0) is 56.4 Å². The maximum Gasteiger partial charge on any atom is 0.0230 e. The van der Waals surface area contributed by atoms with E-state index >= 15 is 0 Å². The molecule has 3 fully saturated rings. The van der Waals surface area contributed by atoms with Crippen LogP contribution in [0.3, 0.4) is 0 Å². The minimum absolute atomic E-state index is 0.730. The quantitative estimate of drug-likeness (QED) is 0.718. The second-order valence-corrected chi connectivity index (χ2v) is 5.50. The molecule has 0 radical (unpaired) electrons. The molecule has 2 N–H and O–H groups in total. The minimum Gasteiger partial charge on any atom is -0.329 e. The maximum atomic E-state index is 5.69. The third kappa shape index (κ3) is 1.70. The van der Waals surface area contributed by atoms with E-state index in [1.165, 1.54) is 38.8 Å². The van der Waals surface area contributed by atoms with Gasteiger partial charge in [0.2, 0.25) is 0 Å². The van der Waals surface area contributed by atoms with Gasteiger partial charge in [0, 0.05) is 19.1 Å². The lowest BCUT2D eigenvalue weighted by molar-refractivity contribution is 0.0928. The first kappa shape index (κ1) is 9.17. The zero-order chi connectivity index (χ0) is 9.54. The van der Waals surface area contributed by atoms with Gasteiger partial charge in [0.1, 0.15) is 0 Å². The molecule has 3 rings (SSSR count). The first-order chi connectivity index (χ1) is 6.88. The van der Waals surface area contributed by atoms with Gasteiger partial charge in [-0.1, -0.05) is 0 Å². The van der Waals surface area contributed by atoms with Crippen molar-refractivity contribution in [3.63, 3.8) is 0 Å². The highest BCUT2D eigenvalue weighted by atomic mass is 15.2. The van der Waals surface area contributed by atoms with Gasteiger partial charge in [-0.3, -0.25) is 4.90 Å². The van der Waals surface area contributed by atoms with Crippen LogP contribution in [0.2, 0.25) is 0 Å². The largest absolute Gasteiger partial charge is 0.329 e. The topological polar surface area (TPSA) is 29.3 Å². The van der Waals surface area contributed by atoms with E-state index < -0.39 is 0 Å². The number of rotatable bonds is 5. The normalized spacial score (nSPS) is 42.2. The van der Waals surface area contributed by atoms with Crippen LogP contribution in [0.1, 0.15) is 32.1 Å². The summed E-state index contributed by atoms with van der Waals surface area (Å²) in [6, 6.07) is 0.730. The van der Waals surface area contributed by atoms with Gasteiger partial charge in [-0.2, -0.15) is 0 Å². The Labute approximate surface area is 86.8 Å². The second-order valence-electron chi connectivity index (χ2n) is 5.50. The molecule has 0 bridgehead atoms. The molecule has 0 amide bonds. The fraction of sp³-hybridized carbons (Fsp3) is 1.00.